The number of halogens is 2. The lowest BCUT2D eigenvalue weighted by molar-refractivity contribution is 0.102. The Kier molecular flexibility index (Phi) is 4.27. The Morgan fingerprint density at radius 3 is 2.53 bits per heavy atom. The molecule has 0 saturated carbocycles. The number of rotatable bonds is 2. The molecule has 1 amide bonds. The number of hydrogen-bond donors (Lipinski definition) is 1. The van der Waals surface area contributed by atoms with Crippen LogP contribution in [-0.4, -0.2) is 5.91 Å². The highest BCUT2D eigenvalue weighted by atomic mass is 79.9. The van der Waals surface area contributed by atoms with Crippen LogP contribution in [0, 0.1) is 13.8 Å². The lowest BCUT2D eigenvalue weighted by Crippen LogP contribution is -2.14. The summed E-state index contributed by atoms with van der Waals surface area (Å²) in [6.45, 7) is 3.81. The minimum absolute atomic E-state index is 0.157. The summed E-state index contributed by atoms with van der Waals surface area (Å²) in [6.07, 6.45) is 0. The second-order valence-corrected chi connectivity index (χ2v) is 5.56. The van der Waals surface area contributed by atoms with Crippen LogP contribution in [0.5, 0.6) is 0 Å². The van der Waals surface area contributed by atoms with E-state index in [2.05, 4.69) is 21.2 Å². The van der Waals surface area contributed by atoms with Gasteiger partial charge in [-0.05, 0) is 43.2 Å². The highest BCUT2D eigenvalue weighted by Gasteiger charge is 2.13. The van der Waals surface area contributed by atoms with Crippen molar-refractivity contribution in [3.63, 3.8) is 0 Å². The van der Waals surface area contributed by atoms with Crippen LogP contribution in [0.3, 0.4) is 0 Å². The topological polar surface area (TPSA) is 29.1 Å². The minimum atomic E-state index is -0.157. The number of carbonyl (C=O) groups is 1. The van der Waals surface area contributed by atoms with Gasteiger partial charge in [0.05, 0.1) is 10.7 Å². The van der Waals surface area contributed by atoms with Gasteiger partial charge in [0.25, 0.3) is 5.91 Å². The third-order valence-electron chi connectivity index (χ3n) is 2.97. The lowest BCUT2D eigenvalue weighted by Gasteiger charge is -2.12. The quantitative estimate of drug-likeness (QED) is 0.823. The summed E-state index contributed by atoms with van der Waals surface area (Å²) in [4.78, 5) is 12.3. The molecule has 0 saturated heterocycles. The number of anilines is 1. The Bertz CT molecular complexity index is 620. The van der Waals surface area contributed by atoms with Gasteiger partial charge in [0, 0.05) is 10.0 Å². The molecule has 0 spiro atoms. The van der Waals surface area contributed by atoms with Gasteiger partial charge in [0.15, 0.2) is 0 Å². The Balaban J connectivity index is 2.34. The molecule has 0 aromatic heterocycles. The zero-order chi connectivity index (χ0) is 14.0. The van der Waals surface area contributed by atoms with Gasteiger partial charge in [0.1, 0.15) is 0 Å². The van der Waals surface area contributed by atoms with Gasteiger partial charge in [-0.15, -0.1) is 0 Å². The van der Waals surface area contributed by atoms with Crippen LogP contribution in [0.25, 0.3) is 0 Å². The normalized spacial score (nSPS) is 10.3. The first kappa shape index (κ1) is 14.1. The molecule has 0 aliphatic rings. The number of carbonyl (C=O) groups excluding carboxylic acids is 1. The SMILES string of the molecule is Cc1cccc(Cl)c1NC(=O)c1cccc(Br)c1C. The second-order valence-electron chi connectivity index (χ2n) is 4.30. The second kappa shape index (κ2) is 5.76. The summed E-state index contributed by atoms with van der Waals surface area (Å²) in [5, 5.41) is 3.41. The number of nitrogens with one attached hydrogen (secondary N) is 1. The zero-order valence-electron chi connectivity index (χ0n) is 10.6. The van der Waals surface area contributed by atoms with E-state index in [-0.39, 0.29) is 5.91 Å². The van der Waals surface area contributed by atoms with Crippen LogP contribution in [0.1, 0.15) is 21.5 Å². The molecule has 19 heavy (non-hydrogen) atoms. The van der Waals surface area contributed by atoms with Gasteiger partial charge in [-0.3, -0.25) is 4.79 Å². The number of para-hydroxylation sites is 1. The molecule has 4 heteroatoms. The molecule has 0 unspecified atom stereocenters. The molecule has 0 atom stereocenters. The first-order valence-corrected chi connectivity index (χ1v) is 6.99. The minimum Gasteiger partial charge on any atom is -0.320 e. The van der Waals surface area contributed by atoms with Crippen LogP contribution in [0.4, 0.5) is 5.69 Å². The predicted molar refractivity (Wildman–Crippen MR) is 83.0 cm³/mol. The van der Waals surface area contributed by atoms with E-state index in [9.17, 15) is 4.79 Å². The monoisotopic (exact) mass is 337 g/mol. The summed E-state index contributed by atoms with van der Waals surface area (Å²) in [7, 11) is 0. The van der Waals surface area contributed by atoms with E-state index in [0.717, 1.165) is 15.6 Å². The van der Waals surface area contributed by atoms with E-state index in [4.69, 9.17) is 11.6 Å². The van der Waals surface area contributed by atoms with Gasteiger partial charge >= 0.3 is 0 Å². The third-order valence-corrected chi connectivity index (χ3v) is 4.15. The molecule has 2 nitrogen and oxygen atoms in total. The number of hydrogen-bond acceptors (Lipinski definition) is 1. The van der Waals surface area contributed by atoms with Gasteiger partial charge < -0.3 is 5.32 Å². The summed E-state index contributed by atoms with van der Waals surface area (Å²) in [6, 6.07) is 11.1. The molecular weight excluding hydrogens is 326 g/mol. The number of benzene rings is 2. The smallest absolute Gasteiger partial charge is 0.256 e. The van der Waals surface area contributed by atoms with Crippen molar-refractivity contribution < 1.29 is 4.79 Å². The predicted octanol–water partition coefficient (Wildman–Crippen LogP) is 4.97. The average molecular weight is 339 g/mol. The molecule has 1 N–H and O–H groups in total. The first-order chi connectivity index (χ1) is 9.00. The van der Waals surface area contributed by atoms with E-state index in [1.165, 1.54) is 0 Å². The van der Waals surface area contributed by atoms with Crippen LogP contribution >= 0.6 is 27.5 Å². The molecule has 0 fully saturated rings. The third kappa shape index (κ3) is 2.99. The number of aryl methyl sites for hydroxylation is 1. The van der Waals surface area contributed by atoms with E-state index >= 15 is 0 Å². The van der Waals surface area contributed by atoms with E-state index < -0.39 is 0 Å². The Morgan fingerprint density at radius 2 is 1.84 bits per heavy atom. The lowest BCUT2D eigenvalue weighted by atomic mass is 10.1. The standard InChI is InChI=1S/C15H13BrClNO/c1-9-5-3-8-13(17)14(9)18-15(19)11-6-4-7-12(16)10(11)2/h3-8H,1-2H3,(H,18,19). The molecule has 2 rings (SSSR count). The van der Waals surface area contributed by atoms with Crippen molar-refractivity contribution in [2.75, 3.05) is 5.32 Å². The van der Waals surface area contributed by atoms with Crippen LogP contribution in [0.15, 0.2) is 40.9 Å². The Morgan fingerprint density at radius 1 is 1.16 bits per heavy atom. The van der Waals surface area contributed by atoms with Crippen molar-refractivity contribution in [3.05, 3.63) is 62.6 Å². The summed E-state index contributed by atoms with van der Waals surface area (Å²) in [5.41, 5.74) is 3.14. The van der Waals surface area contributed by atoms with E-state index in [1.54, 1.807) is 12.1 Å². The molecule has 0 aliphatic heterocycles. The average Bonchev–Trinajstić information content (AvgIpc) is 2.37. The fraction of sp³-hybridized carbons (Fsp3) is 0.133. The fourth-order valence-electron chi connectivity index (χ4n) is 1.82. The van der Waals surface area contributed by atoms with Crippen molar-refractivity contribution in [2.45, 2.75) is 13.8 Å². The van der Waals surface area contributed by atoms with Gasteiger partial charge in [-0.2, -0.15) is 0 Å². The van der Waals surface area contributed by atoms with Crippen molar-refractivity contribution >= 4 is 39.1 Å². The van der Waals surface area contributed by atoms with Gasteiger partial charge in [0.2, 0.25) is 0 Å². The molecule has 0 aliphatic carbocycles. The summed E-state index contributed by atoms with van der Waals surface area (Å²) >= 11 is 9.53. The zero-order valence-corrected chi connectivity index (χ0v) is 13.0. The Labute approximate surface area is 125 Å². The highest BCUT2D eigenvalue weighted by Crippen LogP contribution is 2.27. The molecule has 98 valence electrons. The van der Waals surface area contributed by atoms with Gasteiger partial charge in [-0.1, -0.05) is 45.7 Å². The maximum atomic E-state index is 12.3. The van der Waals surface area contributed by atoms with Crippen LogP contribution < -0.4 is 5.32 Å². The van der Waals surface area contributed by atoms with Crippen molar-refractivity contribution in [1.29, 1.82) is 0 Å². The maximum absolute atomic E-state index is 12.3. The fourth-order valence-corrected chi connectivity index (χ4v) is 2.46. The van der Waals surface area contributed by atoms with Crippen molar-refractivity contribution in [1.82, 2.24) is 0 Å². The maximum Gasteiger partial charge on any atom is 0.256 e. The largest absolute Gasteiger partial charge is 0.320 e. The molecular formula is C15H13BrClNO. The highest BCUT2D eigenvalue weighted by molar-refractivity contribution is 9.10. The molecule has 2 aromatic rings. The van der Waals surface area contributed by atoms with E-state index in [1.807, 2.05) is 38.1 Å². The molecule has 0 radical (unpaired) electrons. The number of amides is 1. The van der Waals surface area contributed by atoms with Crippen LogP contribution in [-0.2, 0) is 0 Å². The van der Waals surface area contributed by atoms with E-state index in [0.29, 0.717) is 16.3 Å². The first-order valence-electron chi connectivity index (χ1n) is 5.82. The summed E-state index contributed by atoms with van der Waals surface area (Å²) < 4.78 is 0.913. The van der Waals surface area contributed by atoms with Crippen molar-refractivity contribution in [2.24, 2.45) is 0 Å². The molecule has 0 heterocycles. The molecule has 0 bridgehead atoms. The van der Waals surface area contributed by atoms with Crippen LogP contribution in [0.2, 0.25) is 5.02 Å². The Hall–Kier alpha value is -1.32. The molecule has 2 aromatic carbocycles. The van der Waals surface area contributed by atoms with Gasteiger partial charge in [-0.25, -0.2) is 0 Å². The van der Waals surface area contributed by atoms with Crippen molar-refractivity contribution in [3.8, 4) is 0 Å². The summed E-state index contributed by atoms with van der Waals surface area (Å²) in [5.74, 6) is -0.157.